The number of benzene rings is 1. The Balaban J connectivity index is 2.85. The van der Waals surface area contributed by atoms with Gasteiger partial charge in [-0.3, -0.25) is 0 Å². The normalized spacial score (nSPS) is 12.2. The molecule has 0 fully saturated rings. The van der Waals surface area contributed by atoms with Gasteiger partial charge in [0.25, 0.3) is 0 Å². The number of hydrogen-bond donors (Lipinski definition) is 0. The van der Waals surface area contributed by atoms with Crippen molar-refractivity contribution >= 4 is 21.9 Å². The molecule has 1 rings (SSSR count). The Kier molecular flexibility index (Phi) is 3.31. The van der Waals surface area contributed by atoms with Crippen molar-refractivity contribution < 1.29 is 14.6 Å². The summed E-state index contributed by atoms with van der Waals surface area (Å²) in [4.78, 5) is 9.70. The number of carbonyl (C=O) groups is 1. The molecule has 0 bridgehead atoms. The molecule has 1 atom stereocenters. The number of carboxylic acids is 1. The Bertz CT molecular complexity index is 294. The summed E-state index contributed by atoms with van der Waals surface area (Å²) in [5.74, 6) is -0.452. The minimum absolute atomic E-state index is 0.640. The van der Waals surface area contributed by atoms with Gasteiger partial charge in [-0.25, -0.2) is 0 Å². The van der Waals surface area contributed by atoms with Crippen LogP contribution in [0.3, 0.4) is 0 Å². The summed E-state index contributed by atoms with van der Waals surface area (Å²) in [6.07, 6.45) is 0. The Labute approximate surface area is 84.5 Å². The highest BCUT2D eigenvalue weighted by Gasteiger charge is 2.07. The fourth-order valence-corrected chi connectivity index (χ4v) is 1.21. The van der Waals surface area contributed by atoms with E-state index < -0.39 is 10.8 Å². The van der Waals surface area contributed by atoms with E-state index in [2.05, 4.69) is 15.9 Å². The fraction of sp³-hybridized carbons (Fsp3) is 0.222. The molecule has 3 nitrogen and oxygen atoms in total. The van der Waals surface area contributed by atoms with Gasteiger partial charge in [0.2, 0.25) is 0 Å². The van der Waals surface area contributed by atoms with Crippen molar-refractivity contribution in [1.82, 2.24) is 0 Å². The molecular formula is C9H8BrO3-. The van der Waals surface area contributed by atoms with Crippen molar-refractivity contribution in [2.75, 3.05) is 7.11 Å². The third kappa shape index (κ3) is 2.45. The average molecular weight is 244 g/mol. The highest BCUT2D eigenvalue weighted by Crippen LogP contribution is 2.23. The largest absolute Gasteiger partial charge is 0.549 e. The van der Waals surface area contributed by atoms with Crippen LogP contribution in [0.25, 0.3) is 0 Å². The maximum atomic E-state index is 10.5. The smallest absolute Gasteiger partial charge is 0.118 e. The van der Waals surface area contributed by atoms with Crippen molar-refractivity contribution in [3.8, 4) is 5.75 Å². The lowest BCUT2D eigenvalue weighted by Crippen LogP contribution is -2.26. The van der Waals surface area contributed by atoms with E-state index >= 15 is 0 Å². The Morgan fingerprint density at radius 3 is 2.38 bits per heavy atom. The van der Waals surface area contributed by atoms with Gasteiger partial charge in [-0.1, -0.05) is 28.1 Å². The monoisotopic (exact) mass is 243 g/mol. The fourth-order valence-electron chi connectivity index (χ4n) is 0.909. The average Bonchev–Trinajstić information content (AvgIpc) is 2.17. The van der Waals surface area contributed by atoms with Crippen LogP contribution in [0, 0.1) is 0 Å². The van der Waals surface area contributed by atoms with Gasteiger partial charge in [-0.2, -0.15) is 0 Å². The molecule has 1 unspecified atom stereocenters. The highest BCUT2D eigenvalue weighted by molar-refractivity contribution is 9.09. The number of carbonyl (C=O) groups excluding carboxylic acids is 1. The SMILES string of the molecule is COc1ccc(C(Br)C(=O)[O-])cc1. The molecule has 4 heteroatoms. The van der Waals surface area contributed by atoms with E-state index in [9.17, 15) is 9.90 Å². The maximum absolute atomic E-state index is 10.5. The van der Waals surface area contributed by atoms with E-state index in [1.807, 2.05) is 0 Å². The van der Waals surface area contributed by atoms with E-state index in [4.69, 9.17) is 4.74 Å². The molecule has 1 aromatic carbocycles. The zero-order chi connectivity index (χ0) is 9.84. The number of ether oxygens (including phenoxy) is 1. The highest BCUT2D eigenvalue weighted by atomic mass is 79.9. The van der Waals surface area contributed by atoms with Crippen molar-refractivity contribution in [2.24, 2.45) is 0 Å². The molecule has 0 aromatic heterocycles. The van der Waals surface area contributed by atoms with Crippen LogP contribution in [0.1, 0.15) is 10.4 Å². The summed E-state index contributed by atoms with van der Waals surface area (Å²) in [6.45, 7) is 0. The van der Waals surface area contributed by atoms with Crippen LogP contribution < -0.4 is 9.84 Å². The first-order valence-corrected chi connectivity index (χ1v) is 4.55. The lowest BCUT2D eigenvalue weighted by Gasteiger charge is -2.11. The van der Waals surface area contributed by atoms with Gasteiger partial charge in [0.05, 0.1) is 17.9 Å². The number of halogens is 1. The molecule has 0 radical (unpaired) electrons. The van der Waals surface area contributed by atoms with Crippen LogP contribution in [-0.4, -0.2) is 13.1 Å². The number of methoxy groups -OCH3 is 1. The quantitative estimate of drug-likeness (QED) is 0.741. The summed E-state index contributed by atoms with van der Waals surface area (Å²) in [5, 5.41) is 10.5. The molecule has 0 amide bonds. The number of aliphatic carboxylic acids is 1. The van der Waals surface area contributed by atoms with Crippen LogP contribution in [0.2, 0.25) is 0 Å². The van der Waals surface area contributed by atoms with Crippen molar-refractivity contribution in [2.45, 2.75) is 4.83 Å². The minimum atomic E-state index is -1.15. The molecule has 0 aliphatic carbocycles. The molecule has 70 valence electrons. The summed E-state index contributed by atoms with van der Waals surface area (Å²) in [5.41, 5.74) is 0.640. The third-order valence-electron chi connectivity index (χ3n) is 1.62. The molecule has 0 N–H and O–H groups in total. The number of hydrogen-bond acceptors (Lipinski definition) is 3. The lowest BCUT2D eigenvalue weighted by molar-refractivity contribution is -0.304. The van der Waals surface area contributed by atoms with Gasteiger partial charge in [0, 0.05) is 0 Å². The minimum Gasteiger partial charge on any atom is -0.549 e. The van der Waals surface area contributed by atoms with Gasteiger partial charge in [0.1, 0.15) is 5.75 Å². The first kappa shape index (κ1) is 10.1. The molecular weight excluding hydrogens is 236 g/mol. The topological polar surface area (TPSA) is 49.4 Å². The third-order valence-corrected chi connectivity index (χ3v) is 2.52. The Hall–Kier alpha value is -1.03. The predicted molar refractivity (Wildman–Crippen MR) is 49.7 cm³/mol. The molecule has 0 saturated heterocycles. The van der Waals surface area contributed by atoms with Gasteiger partial charge in [-0.05, 0) is 17.7 Å². The maximum Gasteiger partial charge on any atom is 0.118 e. The van der Waals surface area contributed by atoms with Crippen LogP contribution in [-0.2, 0) is 4.79 Å². The van der Waals surface area contributed by atoms with E-state index in [-0.39, 0.29) is 0 Å². The first-order valence-electron chi connectivity index (χ1n) is 3.64. The molecule has 0 aliphatic rings. The van der Waals surface area contributed by atoms with Crippen molar-refractivity contribution in [1.29, 1.82) is 0 Å². The predicted octanol–water partition coefficient (Wildman–Crippen LogP) is 0.881. The molecule has 1 aromatic rings. The lowest BCUT2D eigenvalue weighted by atomic mass is 10.1. The van der Waals surface area contributed by atoms with Gasteiger partial charge in [-0.15, -0.1) is 0 Å². The van der Waals surface area contributed by atoms with Crippen molar-refractivity contribution in [3.63, 3.8) is 0 Å². The standard InChI is InChI=1S/C9H9BrO3/c1-13-7-4-2-6(3-5-7)8(10)9(11)12/h2-5,8H,1H3,(H,11,12)/p-1. The number of rotatable bonds is 3. The zero-order valence-electron chi connectivity index (χ0n) is 6.99. The first-order chi connectivity index (χ1) is 6.15. The van der Waals surface area contributed by atoms with Crippen molar-refractivity contribution in [3.05, 3.63) is 29.8 Å². The number of alkyl halides is 1. The molecule has 13 heavy (non-hydrogen) atoms. The van der Waals surface area contributed by atoms with Crippen LogP contribution in [0.5, 0.6) is 5.75 Å². The van der Waals surface area contributed by atoms with Gasteiger partial charge < -0.3 is 14.6 Å². The molecule has 0 heterocycles. The van der Waals surface area contributed by atoms with E-state index in [0.29, 0.717) is 11.3 Å². The Morgan fingerprint density at radius 1 is 1.46 bits per heavy atom. The van der Waals surface area contributed by atoms with E-state index in [0.717, 1.165) is 0 Å². The Morgan fingerprint density at radius 2 is 2.00 bits per heavy atom. The summed E-state index contributed by atoms with van der Waals surface area (Å²) < 4.78 is 4.93. The van der Waals surface area contributed by atoms with Gasteiger partial charge in [0.15, 0.2) is 0 Å². The van der Waals surface area contributed by atoms with Crippen LogP contribution in [0.4, 0.5) is 0 Å². The second kappa shape index (κ2) is 4.28. The number of carboxylic acid groups (broad SMARTS) is 1. The molecule has 0 aliphatic heterocycles. The molecule has 0 spiro atoms. The molecule has 0 saturated carbocycles. The summed E-state index contributed by atoms with van der Waals surface area (Å²) >= 11 is 2.99. The summed E-state index contributed by atoms with van der Waals surface area (Å²) in [7, 11) is 1.55. The van der Waals surface area contributed by atoms with Crippen LogP contribution >= 0.6 is 15.9 Å². The summed E-state index contributed by atoms with van der Waals surface area (Å²) in [6, 6.07) is 6.75. The van der Waals surface area contributed by atoms with E-state index in [1.165, 1.54) is 0 Å². The van der Waals surface area contributed by atoms with E-state index in [1.54, 1.807) is 31.4 Å². The second-order valence-corrected chi connectivity index (χ2v) is 3.37. The van der Waals surface area contributed by atoms with Gasteiger partial charge >= 0.3 is 0 Å². The second-order valence-electron chi connectivity index (χ2n) is 2.45. The van der Waals surface area contributed by atoms with Crippen LogP contribution in [0.15, 0.2) is 24.3 Å². The zero-order valence-corrected chi connectivity index (χ0v) is 8.58.